The van der Waals surface area contributed by atoms with Crippen molar-refractivity contribution in [3.8, 4) is 5.75 Å². The highest BCUT2D eigenvalue weighted by atomic mass is 35.5. The summed E-state index contributed by atoms with van der Waals surface area (Å²) in [6.07, 6.45) is 1.71. The third-order valence-corrected chi connectivity index (χ3v) is 2.33. The Morgan fingerprint density at radius 2 is 2.15 bits per heavy atom. The smallest absolute Gasteiger partial charge is 0.136 e. The van der Waals surface area contributed by atoms with Gasteiger partial charge in [0.1, 0.15) is 5.75 Å². The van der Waals surface area contributed by atoms with Gasteiger partial charge in [-0.2, -0.15) is 0 Å². The largest absolute Gasteiger partial charge is 0.506 e. The zero-order valence-corrected chi connectivity index (χ0v) is 7.84. The number of rotatable bonds is 0. The topological polar surface area (TPSA) is 33.1 Å². The lowest BCUT2D eigenvalue weighted by atomic mass is 10.1. The summed E-state index contributed by atoms with van der Waals surface area (Å²) in [7, 11) is 0. The second kappa shape index (κ2) is 2.89. The molecule has 0 unspecified atom stereocenters. The zero-order chi connectivity index (χ0) is 9.42. The van der Waals surface area contributed by atoms with Gasteiger partial charge in [-0.25, -0.2) is 0 Å². The van der Waals surface area contributed by atoms with E-state index in [2.05, 4.69) is 4.98 Å². The van der Waals surface area contributed by atoms with Gasteiger partial charge in [0.15, 0.2) is 0 Å². The number of nitrogens with zero attached hydrogens (tertiary/aromatic N) is 1. The summed E-state index contributed by atoms with van der Waals surface area (Å²) in [6, 6.07) is 5.22. The maximum Gasteiger partial charge on any atom is 0.136 e. The number of phenols is 1. The first kappa shape index (κ1) is 8.32. The van der Waals surface area contributed by atoms with Gasteiger partial charge in [0.25, 0.3) is 0 Å². The van der Waals surface area contributed by atoms with Crippen LogP contribution < -0.4 is 0 Å². The van der Waals surface area contributed by atoms with Gasteiger partial charge in [-0.1, -0.05) is 11.6 Å². The van der Waals surface area contributed by atoms with Gasteiger partial charge in [0, 0.05) is 17.6 Å². The molecular weight excluding hydrogens is 186 g/mol. The summed E-state index contributed by atoms with van der Waals surface area (Å²) in [6.45, 7) is 1.98. The Bertz CT molecular complexity index is 468. The Kier molecular flexibility index (Phi) is 1.85. The Balaban J connectivity index is 2.89. The predicted molar refractivity (Wildman–Crippen MR) is 53.2 cm³/mol. The predicted octanol–water partition coefficient (Wildman–Crippen LogP) is 2.90. The SMILES string of the molecule is Cc1ccnc2cc(O)c(Cl)cc12. The maximum atomic E-state index is 9.34. The number of hydrogen-bond donors (Lipinski definition) is 1. The van der Waals surface area contributed by atoms with Crippen molar-refractivity contribution in [1.82, 2.24) is 4.98 Å². The average Bonchev–Trinajstić information content (AvgIpc) is 2.09. The summed E-state index contributed by atoms with van der Waals surface area (Å²) in [5, 5.41) is 10.7. The molecule has 2 aromatic rings. The van der Waals surface area contributed by atoms with Crippen molar-refractivity contribution < 1.29 is 5.11 Å². The second-order valence-corrected chi connectivity index (χ2v) is 3.36. The molecule has 0 aliphatic heterocycles. The van der Waals surface area contributed by atoms with Crippen molar-refractivity contribution in [1.29, 1.82) is 0 Å². The molecule has 0 saturated carbocycles. The van der Waals surface area contributed by atoms with Gasteiger partial charge >= 0.3 is 0 Å². The monoisotopic (exact) mass is 193 g/mol. The molecule has 0 aliphatic rings. The number of pyridine rings is 1. The molecule has 0 fully saturated rings. The third kappa shape index (κ3) is 1.33. The number of aromatic hydroxyl groups is 1. The van der Waals surface area contributed by atoms with Gasteiger partial charge < -0.3 is 5.11 Å². The zero-order valence-electron chi connectivity index (χ0n) is 7.08. The molecule has 2 nitrogen and oxygen atoms in total. The van der Waals surface area contributed by atoms with Crippen LogP contribution in [0.3, 0.4) is 0 Å². The van der Waals surface area contributed by atoms with E-state index in [4.69, 9.17) is 11.6 Å². The number of aryl methyl sites for hydroxylation is 1. The van der Waals surface area contributed by atoms with Crippen molar-refractivity contribution in [3.05, 3.63) is 35.0 Å². The van der Waals surface area contributed by atoms with Crippen LogP contribution in [0.15, 0.2) is 24.4 Å². The first-order valence-corrected chi connectivity index (χ1v) is 4.30. The molecule has 1 heterocycles. The van der Waals surface area contributed by atoms with E-state index in [1.807, 2.05) is 13.0 Å². The fourth-order valence-corrected chi connectivity index (χ4v) is 1.46. The number of phenolic OH excluding ortho intramolecular Hbond substituents is 1. The van der Waals surface area contributed by atoms with Crippen molar-refractivity contribution in [2.45, 2.75) is 6.92 Å². The summed E-state index contributed by atoms with van der Waals surface area (Å²) in [5.74, 6) is 0.0762. The highest BCUT2D eigenvalue weighted by Gasteiger charge is 2.03. The Morgan fingerprint density at radius 3 is 2.92 bits per heavy atom. The standard InChI is InChI=1S/C10H8ClNO/c1-6-2-3-12-9-5-10(13)8(11)4-7(6)9/h2-5,13H,1H3. The van der Waals surface area contributed by atoms with Crippen LogP contribution in [-0.2, 0) is 0 Å². The van der Waals surface area contributed by atoms with Crippen LogP contribution in [0.1, 0.15) is 5.56 Å². The number of halogens is 1. The Morgan fingerprint density at radius 1 is 1.38 bits per heavy atom. The Labute approximate surface area is 80.8 Å². The molecule has 0 aliphatic carbocycles. The first-order chi connectivity index (χ1) is 6.18. The van der Waals surface area contributed by atoms with E-state index in [1.54, 1.807) is 18.3 Å². The lowest BCUT2D eigenvalue weighted by molar-refractivity contribution is 0.476. The van der Waals surface area contributed by atoms with Crippen LogP contribution >= 0.6 is 11.6 Å². The van der Waals surface area contributed by atoms with Gasteiger partial charge in [0.2, 0.25) is 0 Å². The van der Waals surface area contributed by atoms with E-state index in [0.29, 0.717) is 5.02 Å². The number of aromatic nitrogens is 1. The van der Waals surface area contributed by atoms with E-state index in [9.17, 15) is 5.11 Å². The number of fused-ring (bicyclic) bond motifs is 1. The van der Waals surface area contributed by atoms with E-state index >= 15 is 0 Å². The second-order valence-electron chi connectivity index (χ2n) is 2.95. The van der Waals surface area contributed by atoms with E-state index in [0.717, 1.165) is 16.5 Å². The van der Waals surface area contributed by atoms with Crippen LogP contribution in [0.5, 0.6) is 5.75 Å². The molecule has 66 valence electrons. The quantitative estimate of drug-likeness (QED) is 0.698. The molecule has 1 N–H and O–H groups in total. The fraction of sp³-hybridized carbons (Fsp3) is 0.100. The molecular formula is C10H8ClNO. The van der Waals surface area contributed by atoms with Gasteiger partial charge in [-0.15, -0.1) is 0 Å². The minimum atomic E-state index is 0.0762. The summed E-state index contributed by atoms with van der Waals surface area (Å²) in [5.41, 5.74) is 1.87. The molecule has 0 bridgehead atoms. The molecule has 3 heteroatoms. The highest BCUT2D eigenvalue weighted by Crippen LogP contribution is 2.29. The van der Waals surface area contributed by atoms with E-state index in [-0.39, 0.29) is 5.75 Å². The lowest BCUT2D eigenvalue weighted by Crippen LogP contribution is -1.82. The van der Waals surface area contributed by atoms with Crippen molar-refractivity contribution in [3.63, 3.8) is 0 Å². The van der Waals surface area contributed by atoms with Gasteiger partial charge in [-0.05, 0) is 24.6 Å². The fourth-order valence-electron chi connectivity index (χ4n) is 1.29. The first-order valence-electron chi connectivity index (χ1n) is 3.92. The van der Waals surface area contributed by atoms with Crippen LogP contribution in [-0.4, -0.2) is 10.1 Å². The van der Waals surface area contributed by atoms with Crippen LogP contribution in [0, 0.1) is 6.92 Å². The van der Waals surface area contributed by atoms with Crippen molar-refractivity contribution in [2.75, 3.05) is 0 Å². The maximum absolute atomic E-state index is 9.34. The van der Waals surface area contributed by atoms with Crippen LogP contribution in [0.2, 0.25) is 5.02 Å². The minimum Gasteiger partial charge on any atom is -0.506 e. The normalized spacial score (nSPS) is 10.6. The highest BCUT2D eigenvalue weighted by molar-refractivity contribution is 6.32. The molecule has 13 heavy (non-hydrogen) atoms. The molecule has 0 saturated heterocycles. The van der Waals surface area contributed by atoms with Gasteiger partial charge in [-0.3, -0.25) is 4.98 Å². The molecule has 1 aromatic carbocycles. The molecule has 2 rings (SSSR count). The Hall–Kier alpha value is -1.28. The summed E-state index contributed by atoms with van der Waals surface area (Å²) < 4.78 is 0. The van der Waals surface area contributed by atoms with Crippen LogP contribution in [0.25, 0.3) is 10.9 Å². The van der Waals surface area contributed by atoms with Crippen LogP contribution in [0.4, 0.5) is 0 Å². The molecule has 0 spiro atoms. The molecule has 0 amide bonds. The van der Waals surface area contributed by atoms with E-state index < -0.39 is 0 Å². The lowest BCUT2D eigenvalue weighted by Gasteiger charge is -2.02. The van der Waals surface area contributed by atoms with Gasteiger partial charge in [0.05, 0.1) is 10.5 Å². The number of benzene rings is 1. The summed E-state index contributed by atoms with van der Waals surface area (Å²) in [4.78, 5) is 4.13. The minimum absolute atomic E-state index is 0.0762. The van der Waals surface area contributed by atoms with Crippen molar-refractivity contribution in [2.24, 2.45) is 0 Å². The third-order valence-electron chi connectivity index (χ3n) is 2.03. The van der Waals surface area contributed by atoms with Crippen molar-refractivity contribution >= 4 is 22.5 Å². The molecule has 1 aromatic heterocycles. The number of hydrogen-bond acceptors (Lipinski definition) is 2. The average molecular weight is 194 g/mol. The summed E-state index contributed by atoms with van der Waals surface area (Å²) >= 11 is 5.78. The molecule has 0 atom stereocenters. The molecule has 0 radical (unpaired) electrons. The van der Waals surface area contributed by atoms with E-state index in [1.165, 1.54) is 0 Å².